The highest BCUT2D eigenvalue weighted by Crippen LogP contribution is 2.30. The maximum absolute atomic E-state index is 4.22. The summed E-state index contributed by atoms with van der Waals surface area (Å²) in [7, 11) is 0. The molecule has 1 aromatic heterocycles. The maximum Gasteiger partial charge on any atom is 0.175 e. The smallest absolute Gasteiger partial charge is 0.175 e. The average molecular weight is 340 g/mol. The Labute approximate surface area is 139 Å². The van der Waals surface area contributed by atoms with Crippen LogP contribution in [0.5, 0.6) is 0 Å². The Hall–Kier alpha value is -0.560. The number of nitrogens with zero attached hydrogens (tertiary/aromatic N) is 2. The monoisotopic (exact) mass is 339 g/mol. The first kappa shape index (κ1) is 16.8. The number of rotatable bonds is 8. The van der Waals surface area contributed by atoms with Crippen LogP contribution in [0.3, 0.4) is 0 Å². The van der Waals surface area contributed by atoms with Crippen LogP contribution in [-0.4, -0.2) is 28.8 Å². The maximum atomic E-state index is 4.22. The first-order valence-corrected chi connectivity index (χ1v) is 10.1. The highest BCUT2D eigenvalue weighted by atomic mass is 32.2. The van der Waals surface area contributed by atoms with Gasteiger partial charge in [0.25, 0.3) is 0 Å². The van der Waals surface area contributed by atoms with Gasteiger partial charge in [0.05, 0.1) is 0 Å². The molecule has 0 aliphatic rings. The first-order valence-electron chi connectivity index (χ1n) is 7.09. The zero-order chi connectivity index (χ0) is 15.1. The van der Waals surface area contributed by atoms with E-state index < -0.39 is 0 Å². The predicted molar refractivity (Wildman–Crippen MR) is 94.7 cm³/mol. The lowest BCUT2D eigenvalue weighted by Gasteiger charge is -2.17. The number of aryl methyl sites for hydroxylation is 1. The Morgan fingerprint density at radius 1 is 1.14 bits per heavy atom. The molecule has 2 aromatic rings. The van der Waals surface area contributed by atoms with Gasteiger partial charge in [0, 0.05) is 11.8 Å². The van der Waals surface area contributed by atoms with Crippen LogP contribution in [0.25, 0.3) is 0 Å². The molecule has 0 aliphatic carbocycles. The molecule has 0 spiro atoms. The van der Waals surface area contributed by atoms with Crippen molar-refractivity contribution in [2.75, 3.05) is 18.6 Å². The SMILES string of the molecule is CCNC(CSc1nnc(SC)s1)c1ccc(CC)cc1. The van der Waals surface area contributed by atoms with Gasteiger partial charge >= 0.3 is 0 Å². The van der Waals surface area contributed by atoms with Crippen molar-refractivity contribution in [3.63, 3.8) is 0 Å². The Morgan fingerprint density at radius 2 is 1.86 bits per heavy atom. The predicted octanol–water partition coefficient (Wildman–Crippen LogP) is 4.27. The van der Waals surface area contributed by atoms with Crippen molar-refractivity contribution < 1.29 is 0 Å². The van der Waals surface area contributed by atoms with Crippen LogP contribution in [0.1, 0.15) is 31.0 Å². The second-order valence-electron chi connectivity index (χ2n) is 4.55. The number of hydrogen-bond donors (Lipinski definition) is 1. The number of thioether (sulfide) groups is 2. The van der Waals surface area contributed by atoms with E-state index in [-0.39, 0.29) is 0 Å². The van der Waals surface area contributed by atoms with Crippen molar-refractivity contribution in [3.05, 3.63) is 35.4 Å². The highest BCUT2D eigenvalue weighted by Gasteiger charge is 2.13. The minimum absolute atomic E-state index is 0.354. The van der Waals surface area contributed by atoms with E-state index in [9.17, 15) is 0 Å². The van der Waals surface area contributed by atoms with Crippen molar-refractivity contribution in [3.8, 4) is 0 Å². The topological polar surface area (TPSA) is 37.8 Å². The molecule has 0 amide bonds. The highest BCUT2D eigenvalue weighted by molar-refractivity contribution is 8.02. The van der Waals surface area contributed by atoms with Gasteiger partial charge in [0.2, 0.25) is 0 Å². The van der Waals surface area contributed by atoms with Gasteiger partial charge in [0.15, 0.2) is 8.68 Å². The van der Waals surface area contributed by atoms with E-state index in [2.05, 4.69) is 53.6 Å². The molecule has 6 heteroatoms. The summed E-state index contributed by atoms with van der Waals surface area (Å²) in [4.78, 5) is 0. The molecule has 1 atom stereocenters. The number of benzene rings is 1. The summed E-state index contributed by atoms with van der Waals surface area (Å²) in [5, 5.41) is 11.9. The van der Waals surface area contributed by atoms with Crippen molar-refractivity contribution >= 4 is 34.9 Å². The first-order chi connectivity index (χ1) is 10.3. The van der Waals surface area contributed by atoms with Crippen LogP contribution in [-0.2, 0) is 6.42 Å². The summed E-state index contributed by atoms with van der Waals surface area (Å²) in [5.74, 6) is 0.975. The summed E-state index contributed by atoms with van der Waals surface area (Å²) in [6.07, 6.45) is 3.12. The summed E-state index contributed by atoms with van der Waals surface area (Å²) in [6.45, 7) is 5.30. The second-order valence-corrected chi connectivity index (χ2v) is 7.85. The van der Waals surface area contributed by atoms with Gasteiger partial charge in [-0.05, 0) is 30.3 Å². The van der Waals surface area contributed by atoms with E-state index in [0.29, 0.717) is 6.04 Å². The van der Waals surface area contributed by atoms with Crippen LogP contribution < -0.4 is 5.32 Å². The molecule has 0 radical (unpaired) electrons. The van der Waals surface area contributed by atoms with Crippen LogP contribution in [0.4, 0.5) is 0 Å². The summed E-state index contributed by atoms with van der Waals surface area (Å²) < 4.78 is 2.08. The van der Waals surface area contributed by atoms with Crippen LogP contribution in [0.15, 0.2) is 32.9 Å². The molecule has 1 aromatic carbocycles. The van der Waals surface area contributed by atoms with Crippen molar-refractivity contribution in [2.45, 2.75) is 35.0 Å². The van der Waals surface area contributed by atoms with Gasteiger partial charge in [-0.1, -0.05) is 73.0 Å². The third-order valence-corrected chi connectivity index (χ3v) is 6.30. The normalized spacial score (nSPS) is 12.5. The molecule has 0 saturated carbocycles. The van der Waals surface area contributed by atoms with Gasteiger partial charge in [-0.25, -0.2) is 0 Å². The molecule has 21 heavy (non-hydrogen) atoms. The fraction of sp³-hybridized carbons (Fsp3) is 0.467. The summed E-state index contributed by atoms with van der Waals surface area (Å²) >= 11 is 5.10. The van der Waals surface area contributed by atoms with Crippen molar-refractivity contribution in [1.82, 2.24) is 15.5 Å². The van der Waals surface area contributed by atoms with Gasteiger partial charge in [-0.2, -0.15) is 0 Å². The quantitative estimate of drug-likeness (QED) is 0.727. The number of hydrogen-bond acceptors (Lipinski definition) is 6. The third-order valence-electron chi connectivity index (χ3n) is 3.18. The molecule has 3 nitrogen and oxygen atoms in total. The van der Waals surface area contributed by atoms with Gasteiger partial charge < -0.3 is 5.32 Å². The molecule has 0 saturated heterocycles. The Kier molecular flexibility index (Phi) is 7.03. The molecule has 114 valence electrons. The van der Waals surface area contributed by atoms with E-state index in [1.54, 1.807) is 34.9 Å². The molecule has 2 rings (SSSR count). The average Bonchev–Trinajstić information content (AvgIpc) is 2.99. The van der Waals surface area contributed by atoms with Crippen LogP contribution in [0.2, 0.25) is 0 Å². The lowest BCUT2D eigenvalue weighted by molar-refractivity contribution is 0.605. The fourth-order valence-electron chi connectivity index (χ4n) is 2.00. The largest absolute Gasteiger partial charge is 0.309 e. The molecule has 0 bridgehead atoms. The lowest BCUT2D eigenvalue weighted by Crippen LogP contribution is -2.22. The number of aromatic nitrogens is 2. The van der Waals surface area contributed by atoms with Gasteiger partial charge in [-0.15, -0.1) is 10.2 Å². The minimum Gasteiger partial charge on any atom is -0.309 e. The van der Waals surface area contributed by atoms with Crippen molar-refractivity contribution in [2.24, 2.45) is 0 Å². The van der Waals surface area contributed by atoms with E-state index in [0.717, 1.165) is 27.4 Å². The van der Waals surface area contributed by atoms with Gasteiger partial charge in [-0.3, -0.25) is 0 Å². The van der Waals surface area contributed by atoms with E-state index in [1.165, 1.54) is 11.1 Å². The van der Waals surface area contributed by atoms with Crippen LogP contribution >= 0.6 is 34.9 Å². The zero-order valence-electron chi connectivity index (χ0n) is 12.6. The molecule has 0 aliphatic heterocycles. The minimum atomic E-state index is 0.354. The van der Waals surface area contributed by atoms with Crippen LogP contribution in [0, 0.1) is 0 Å². The van der Waals surface area contributed by atoms with E-state index in [4.69, 9.17) is 0 Å². The molecule has 1 N–H and O–H groups in total. The van der Waals surface area contributed by atoms with Gasteiger partial charge in [0.1, 0.15) is 0 Å². The lowest BCUT2D eigenvalue weighted by atomic mass is 10.1. The second kappa shape index (κ2) is 8.78. The standard InChI is InChI=1S/C15H21N3S3/c1-4-11-6-8-12(9-7-11)13(16-5-2)10-20-15-18-17-14(19-3)21-15/h6-9,13,16H,4-5,10H2,1-3H3. The molecular weight excluding hydrogens is 318 g/mol. The zero-order valence-corrected chi connectivity index (χ0v) is 15.1. The number of nitrogens with one attached hydrogen (secondary N) is 1. The van der Waals surface area contributed by atoms with E-state index in [1.807, 2.05) is 6.26 Å². The Balaban J connectivity index is 2.00. The fourth-order valence-corrected chi connectivity index (χ4v) is 4.56. The third kappa shape index (κ3) is 4.98. The Morgan fingerprint density at radius 3 is 2.43 bits per heavy atom. The Bertz CT molecular complexity index is 539. The molecule has 1 heterocycles. The summed E-state index contributed by atoms with van der Waals surface area (Å²) in [6, 6.07) is 9.27. The molecule has 0 fully saturated rings. The summed E-state index contributed by atoms with van der Waals surface area (Å²) in [5.41, 5.74) is 2.73. The molecular formula is C15H21N3S3. The van der Waals surface area contributed by atoms with E-state index >= 15 is 0 Å². The van der Waals surface area contributed by atoms with Crippen molar-refractivity contribution in [1.29, 1.82) is 0 Å². The molecule has 1 unspecified atom stereocenters.